The Labute approximate surface area is 115 Å². The number of pyridine rings is 1. The molecule has 106 valence electrons. The third-order valence-electron chi connectivity index (χ3n) is 3.82. The van der Waals surface area contributed by atoms with E-state index < -0.39 is 0 Å². The van der Waals surface area contributed by atoms with E-state index in [2.05, 4.69) is 28.2 Å². The van der Waals surface area contributed by atoms with Gasteiger partial charge in [-0.3, -0.25) is 4.90 Å². The molecule has 0 bridgehead atoms. The predicted octanol–water partition coefficient (Wildman–Crippen LogP) is 2.25. The molecule has 0 aliphatic carbocycles. The Hall–Kier alpha value is -1.13. The summed E-state index contributed by atoms with van der Waals surface area (Å²) >= 11 is 0. The molecule has 0 amide bonds. The molecule has 1 aliphatic heterocycles. The Balaban J connectivity index is 2.05. The average molecular weight is 263 g/mol. The first-order valence-corrected chi connectivity index (χ1v) is 7.37. The summed E-state index contributed by atoms with van der Waals surface area (Å²) in [5, 5.41) is 12.5. The van der Waals surface area contributed by atoms with Crippen molar-refractivity contribution in [1.29, 1.82) is 0 Å². The molecule has 0 radical (unpaired) electrons. The third kappa shape index (κ3) is 3.91. The smallest absolute Gasteiger partial charge is 0.130 e. The standard InChI is InChI=1S/C15H25N3O/c1-2-16-15-13(6-5-9-17-15)12-18-10-4-3-7-14(18)8-11-19/h5-6,9,14,19H,2-4,7-8,10-12H2,1H3,(H,16,17). The van der Waals surface area contributed by atoms with E-state index in [1.807, 2.05) is 12.3 Å². The van der Waals surface area contributed by atoms with Crippen LogP contribution in [0.25, 0.3) is 0 Å². The van der Waals surface area contributed by atoms with Gasteiger partial charge in [-0.25, -0.2) is 4.98 Å². The number of nitrogens with zero attached hydrogens (tertiary/aromatic N) is 2. The van der Waals surface area contributed by atoms with E-state index in [1.165, 1.54) is 24.8 Å². The molecule has 1 aromatic heterocycles. The highest BCUT2D eigenvalue weighted by Gasteiger charge is 2.22. The molecule has 2 rings (SSSR count). The Kier molecular flexibility index (Phi) is 5.61. The second-order valence-electron chi connectivity index (χ2n) is 5.17. The van der Waals surface area contributed by atoms with E-state index in [0.29, 0.717) is 6.04 Å². The lowest BCUT2D eigenvalue weighted by atomic mass is 9.99. The summed E-state index contributed by atoms with van der Waals surface area (Å²) < 4.78 is 0. The van der Waals surface area contributed by atoms with Crippen LogP contribution < -0.4 is 5.32 Å². The Morgan fingerprint density at radius 2 is 2.37 bits per heavy atom. The molecular formula is C15H25N3O. The zero-order valence-corrected chi connectivity index (χ0v) is 11.8. The van der Waals surface area contributed by atoms with Gasteiger partial charge in [-0.15, -0.1) is 0 Å². The molecule has 1 fully saturated rings. The van der Waals surface area contributed by atoms with Crippen LogP contribution in [0.4, 0.5) is 5.82 Å². The molecule has 1 atom stereocenters. The van der Waals surface area contributed by atoms with Gasteiger partial charge in [0.25, 0.3) is 0 Å². The van der Waals surface area contributed by atoms with Gasteiger partial charge in [0.05, 0.1) is 0 Å². The van der Waals surface area contributed by atoms with Crippen LogP contribution >= 0.6 is 0 Å². The fraction of sp³-hybridized carbons (Fsp3) is 0.667. The van der Waals surface area contributed by atoms with Crippen LogP contribution in [0.2, 0.25) is 0 Å². The Morgan fingerprint density at radius 3 is 3.16 bits per heavy atom. The molecule has 2 N–H and O–H groups in total. The highest BCUT2D eigenvalue weighted by atomic mass is 16.3. The summed E-state index contributed by atoms with van der Waals surface area (Å²) in [6.07, 6.45) is 6.48. The minimum absolute atomic E-state index is 0.286. The van der Waals surface area contributed by atoms with Crippen molar-refractivity contribution in [2.24, 2.45) is 0 Å². The lowest BCUT2D eigenvalue weighted by Gasteiger charge is -2.35. The van der Waals surface area contributed by atoms with E-state index in [4.69, 9.17) is 0 Å². The minimum Gasteiger partial charge on any atom is -0.396 e. The van der Waals surface area contributed by atoms with Gasteiger partial charge >= 0.3 is 0 Å². The maximum atomic E-state index is 9.19. The molecule has 4 heteroatoms. The average Bonchev–Trinajstić information content (AvgIpc) is 2.44. The molecule has 0 saturated carbocycles. The molecule has 0 spiro atoms. The van der Waals surface area contributed by atoms with Crippen LogP contribution in [-0.2, 0) is 6.54 Å². The highest BCUT2D eigenvalue weighted by Crippen LogP contribution is 2.23. The van der Waals surface area contributed by atoms with Crippen LogP contribution in [0.3, 0.4) is 0 Å². The molecule has 2 heterocycles. The number of rotatable bonds is 6. The summed E-state index contributed by atoms with van der Waals surface area (Å²) in [6.45, 7) is 5.33. The number of aromatic nitrogens is 1. The fourth-order valence-electron chi connectivity index (χ4n) is 2.86. The summed E-state index contributed by atoms with van der Waals surface area (Å²) in [5.41, 5.74) is 1.26. The van der Waals surface area contributed by atoms with Gasteiger partial charge in [0.2, 0.25) is 0 Å². The molecule has 1 saturated heterocycles. The fourth-order valence-corrected chi connectivity index (χ4v) is 2.86. The van der Waals surface area contributed by atoms with Gasteiger partial charge in [0.1, 0.15) is 5.82 Å². The van der Waals surface area contributed by atoms with E-state index >= 15 is 0 Å². The highest BCUT2D eigenvalue weighted by molar-refractivity contribution is 5.43. The number of hydrogen-bond donors (Lipinski definition) is 2. The Bertz CT molecular complexity index is 381. The zero-order chi connectivity index (χ0) is 13.5. The van der Waals surface area contributed by atoms with Crippen molar-refractivity contribution in [2.75, 3.05) is 25.0 Å². The predicted molar refractivity (Wildman–Crippen MR) is 78.2 cm³/mol. The van der Waals surface area contributed by atoms with Crippen LogP contribution in [-0.4, -0.2) is 40.7 Å². The van der Waals surface area contributed by atoms with E-state index in [0.717, 1.165) is 31.9 Å². The maximum Gasteiger partial charge on any atom is 0.130 e. The summed E-state index contributed by atoms with van der Waals surface area (Å²) in [6, 6.07) is 4.67. The number of piperidine rings is 1. The second kappa shape index (κ2) is 7.46. The largest absolute Gasteiger partial charge is 0.396 e. The van der Waals surface area contributed by atoms with Crippen LogP contribution in [0.1, 0.15) is 38.2 Å². The van der Waals surface area contributed by atoms with Crippen LogP contribution in [0.15, 0.2) is 18.3 Å². The van der Waals surface area contributed by atoms with E-state index in [1.54, 1.807) is 0 Å². The van der Waals surface area contributed by atoms with Crippen molar-refractivity contribution in [1.82, 2.24) is 9.88 Å². The zero-order valence-electron chi connectivity index (χ0n) is 11.8. The van der Waals surface area contributed by atoms with Gasteiger partial charge in [-0.2, -0.15) is 0 Å². The Morgan fingerprint density at radius 1 is 1.47 bits per heavy atom. The lowest BCUT2D eigenvalue weighted by molar-refractivity contribution is 0.112. The lowest BCUT2D eigenvalue weighted by Crippen LogP contribution is -2.39. The van der Waals surface area contributed by atoms with Gasteiger partial charge < -0.3 is 10.4 Å². The number of anilines is 1. The number of aliphatic hydroxyl groups is 1. The monoisotopic (exact) mass is 263 g/mol. The van der Waals surface area contributed by atoms with Crippen molar-refractivity contribution < 1.29 is 5.11 Å². The van der Waals surface area contributed by atoms with Gasteiger partial charge in [0.15, 0.2) is 0 Å². The molecule has 19 heavy (non-hydrogen) atoms. The van der Waals surface area contributed by atoms with E-state index in [9.17, 15) is 5.11 Å². The molecule has 1 unspecified atom stereocenters. The number of nitrogens with one attached hydrogen (secondary N) is 1. The normalized spacial score (nSPS) is 20.4. The van der Waals surface area contributed by atoms with Gasteiger partial charge in [-0.05, 0) is 38.8 Å². The van der Waals surface area contributed by atoms with Gasteiger partial charge in [0, 0.05) is 37.5 Å². The molecule has 0 aromatic carbocycles. The molecular weight excluding hydrogens is 238 g/mol. The first-order chi connectivity index (χ1) is 9.35. The summed E-state index contributed by atoms with van der Waals surface area (Å²) in [4.78, 5) is 6.92. The number of hydrogen-bond acceptors (Lipinski definition) is 4. The van der Waals surface area contributed by atoms with Crippen molar-refractivity contribution >= 4 is 5.82 Å². The quantitative estimate of drug-likeness (QED) is 0.826. The number of aliphatic hydroxyl groups excluding tert-OH is 1. The molecule has 1 aromatic rings. The topological polar surface area (TPSA) is 48.4 Å². The molecule has 1 aliphatic rings. The van der Waals surface area contributed by atoms with Gasteiger partial charge in [-0.1, -0.05) is 12.5 Å². The third-order valence-corrected chi connectivity index (χ3v) is 3.82. The maximum absolute atomic E-state index is 9.19. The molecule has 4 nitrogen and oxygen atoms in total. The SMILES string of the molecule is CCNc1ncccc1CN1CCCCC1CCO. The summed E-state index contributed by atoms with van der Waals surface area (Å²) in [7, 11) is 0. The van der Waals surface area contributed by atoms with Crippen molar-refractivity contribution in [3.05, 3.63) is 23.9 Å². The van der Waals surface area contributed by atoms with Crippen molar-refractivity contribution in [3.8, 4) is 0 Å². The van der Waals surface area contributed by atoms with E-state index in [-0.39, 0.29) is 6.61 Å². The first kappa shape index (κ1) is 14.3. The van der Waals surface area contributed by atoms with Crippen LogP contribution in [0, 0.1) is 0 Å². The van der Waals surface area contributed by atoms with Crippen LogP contribution in [0.5, 0.6) is 0 Å². The summed E-state index contributed by atoms with van der Waals surface area (Å²) in [5.74, 6) is 0.998. The van der Waals surface area contributed by atoms with Crippen molar-refractivity contribution in [3.63, 3.8) is 0 Å². The minimum atomic E-state index is 0.286. The second-order valence-corrected chi connectivity index (χ2v) is 5.17. The number of likely N-dealkylation sites (tertiary alicyclic amines) is 1. The van der Waals surface area contributed by atoms with Crippen molar-refractivity contribution in [2.45, 2.75) is 45.2 Å². The first-order valence-electron chi connectivity index (χ1n) is 7.37.